The number of hydrogen-bond acceptors (Lipinski definition) is 9. The van der Waals surface area contributed by atoms with Gasteiger partial charge in [-0.2, -0.15) is 15.0 Å². The van der Waals surface area contributed by atoms with Gasteiger partial charge in [0.1, 0.15) is 0 Å². The number of nitrogens with two attached hydrogens (primary N) is 1. The summed E-state index contributed by atoms with van der Waals surface area (Å²) in [5, 5.41) is 6.16. The van der Waals surface area contributed by atoms with Crippen LogP contribution in [0.25, 0.3) is 11.4 Å². The third-order valence-electron chi connectivity index (χ3n) is 6.87. The molecule has 0 unspecified atom stereocenters. The van der Waals surface area contributed by atoms with Gasteiger partial charge in [0.25, 0.3) is 5.91 Å². The summed E-state index contributed by atoms with van der Waals surface area (Å²) >= 11 is 0. The van der Waals surface area contributed by atoms with Crippen molar-refractivity contribution in [1.29, 1.82) is 0 Å². The molecule has 0 atom stereocenters. The Morgan fingerprint density at radius 1 is 0.951 bits per heavy atom. The van der Waals surface area contributed by atoms with E-state index in [-0.39, 0.29) is 17.3 Å². The third kappa shape index (κ3) is 6.55. The first-order valence-corrected chi connectivity index (χ1v) is 13.5. The van der Waals surface area contributed by atoms with Crippen LogP contribution >= 0.6 is 0 Å². The molecule has 0 bridgehead atoms. The highest BCUT2D eigenvalue weighted by molar-refractivity contribution is 6.05. The lowest BCUT2D eigenvalue weighted by Gasteiger charge is -2.28. The first-order chi connectivity index (χ1) is 19.7. The van der Waals surface area contributed by atoms with Gasteiger partial charge in [-0.25, -0.2) is 0 Å². The smallest absolute Gasteiger partial charge is 0.255 e. The quantitative estimate of drug-likeness (QED) is 0.281. The monoisotopic (exact) mass is 553 g/mol. The number of carbonyl (C=O) groups is 1. The average Bonchev–Trinajstić information content (AvgIpc) is 2.97. The number of para-hydroxylation sites is 1. The molecule has 1 amide bonds. The Labute approximate surface area is 239 Å². The summed E-state index contributed by atoms with van der Waals surface area (Å²) in [5.41, 5.74) is 10.8. The van der Waals surface area contributed by atoms with E-state index < -0.39 is 0 Å². The van der Waals surface area contributed by atoms with Crippen LogP contribution in [0.5, 0.6) is 5.75 Å². The van der Waals surface area contributed by atoms with Crippen molar-refractivity contribution in [1.82, 2.24) is 15.0 Å². The molecule has 4 N–H and O–H groups in total. The molecule has 41 heavy (non-hydrogen) atoms. The van der Waals surface area contributed by atoms with E-state index in [1.807, 2.05) is 54.6 Å². The predicted octanol–water partition coefficient (Wildman–Crippen LogP) is 5.26. The zero-order chi connectivity index (χ0) is 29.0. The Kier molecular flexibility index (Phi) is 8.02. The van der Waals surface area contributed by atoms with Crippen molar-refractivity contribution in [3.8, 4) is 17.1 Å². The number of benzene rings is 3. The van der Waals surface area contributed by atoms with E-state index in [1.165, 1.54) is 7.11 Å². The summed E-state index contributed by atoms with van der Waals surface area (Å²) in [6.07, 6.45) is 0. The Hall–Kier alpha value is -4.70. The highest BCUT2D eigenvalue weighted by Gasteiger charge is 2.19. The maximum Gasteiger partial charge on any atom is 0.255 e. The Balaban J connectivity index is 1.36. The van der Waals surface area contributed by atoms with Crippen LogP contribution in [0.15, 0.2) is 66.7 Å². The number of aromatic nitrogens is 3. The molecular weight excluding hydrogens is 518 g/mol. The van der Waals surface area contributed by atoms with Gasteiger partial charge in [0.2, 0.25) is 11.9 Å². The minimum Gasteiger partial charge on any atom is -0.494 e. The zero-order valence-electron chi connectivity index (χ0n) is 23.8. The molecule has 0 spiro atoms. The lowest BCUT2D eigenvalue weighted by molar-refractivity contribution is 0.102. The zero-order valence-corrected chi connectivity index (χ0v) is 23.8. The minimum atomic E-state index is -0.251. The van der Waals surface area contributed by atoms with Crippen molar-refractivity contribution in [2.75, 3.05) is 54.7 Å². The number of methoxy groups -OCH3 is 1. The number of morpholine rings is 1. The van der Waals surface area contributed by atoms with Crippen molar-refractivity contribution in [3.63, 3.8) is 0 Å². The molecule has 10 heteroatoms. The van der Waals surface area contributed by atoms with Gasteiger partial charge in [-0.15, -0.1) is 0 Å². The van der Waals surface area contributed by atoms with E-state index in [0.29, 0.717) is 34.3 Å². The number of anilines is 5. The standard InChI is InChI=1S/C31H35N7O3/c1-31(2,3)21-10-8-20(9-11-21)28(39)34-25-7-5-6-24(26(25)40-4)27-35-29(32)37-30(36-27)33-22-12-14-23(15-13-22)38-16-18-41-19-17-38/h5-15H,16-19H2,1-4H3,(H,34,39)(H3,32,33,35,36,37). The number of carbonyl (C=O) groups excluding carboxylic acids is 1. The second-order valence-corrected chi connectivity index (χ2v) is 10.8. The molecule has 212 valence electrons. The normalized spacial score (nSPS) is 13.5. The largest absolute Gasteiger partial charge is 0.494 e. The number of rotatable bonds is 7. The van der Waals surface area contributed by atoms with Crippen molar-refractivity contribution < 1.29 is 14.3 Å². The predicted molar refractivity (Wildman–Crippen MR) is 162 cm³/mol. The van der Waals surface area contributed by atoms with Crippen LogP contribution in [-0.4, -0.2) is 54.3 Å². The van der Waals surface area contributed by atoms with Crippen molar-refractivity contribution in [2.24, 2.45) is 0 Å². The lowest BCUT2D eigenvalue weighted by Crippen LogP contribution is -2.36. The summed E-state index contributed by atoms with van der Waals surface area (Å²) in [6, 6.07) is 21.0. The first kappa shape index (κ1) is 27.9. The van der Waals surface area contributed by atoms with E-state index in [9.17, 15) is 4.79 Å². The number of hydrogen-bond donors (Lipinski definition) is 3. The van der Waals surface area contributed by atoms with Gasteiger partial charge < -0.3 is 30.7 Å². The van der Waals surface area contributed by atoms with E-state index in [4.69, 9.17) is 15.2 Å². The van der Waals surface area contributed by atoms with Crippen molar-refractivity contribution >= 4 is 34.9 Å². The fourth-order valence-corrected chi connectivity index (χ4v) is 4.62. The number of amides is 1. The van der Waals surface area contributed by atoms with Crippen LogP contribution in [-0.2, 0) is 10.2 Å². The average molecular weight is 554 g/mol. The minimum absolute atomic E-state index is 0.000973. The molecule has 5 rings (SSSR count). The molecule has 1 aliphatic heterocycles. The second kappa shape index (κ2) is 11.8. The van der Waals surface area contributed by atoms with Crippen LogP contribution in [0.3, 0.4) is 0 Å². The van der Waals surface area contributed by atoms with Crippen LogP contribution in [0.1, 0.15) is 36.7 Å². The Bertz CT molecular complexity index is 1510. The first-order valence-electron chi connectivity index (χ1n) is 13.5. The molecular formula is C31H35N7O3. The molecule has 1 aliphatic rings. The highest BCUT2D eigenvalue weighted by atomic mass is 16.5. The number of nitrogens with one attached hydrogen (secondary N) is 2. The number of nitrogens with zero attached hydrogens (tertiary/aromatic N) is 4. The summed E-state index contributed by atoms with van der Waals surface area (Å²) in [6.45, 7) is 9.59. The van der Waals surface area contributed by atoms with Gasteiger partial charge in [-0.05, 0) is 59.5 Å². The summed E-state index contributed by atoms with van der Waals surface area (Å²) in [5.74, 6) is 0.824. The van der Waals surface area contributed by atoms with Crippen molar-refractivity contribution in [3.05, 3.63) is 77.9 Å². The van der Waals surface area contributed by atoms with Crippen LogP contribution in [0, 0.1) is 0 Å². The summed E-state index contributed by atoms with van der Waals surface area (Å²) in [7, 11) is 1.53. The van der Waals surface area contributed by atoms with Crippen LogP contribution in [0.4, 0.5) is 29.0 Å². The van der Waals surface area contributed by atoms with E-state index in [1.54, 1.807) is 12.1 Å². The molecule has 0 saturated carbocycles. The summed E-state index contributed by atoms with van der Waals surface area (Å²) in [4.78, 5) is 28.6. The second-order valence-electron chi connectivity index (χ2n) is 10.8. The SMILES string of the molecule is COc1c(NC(=O)c2ccc(C(C)(C)C)cc2)cccc1-c1nc(N)nc(Nc2ccc(N3CCOCC3)cc2)n1. The van der Waals surface area contributed by atoms with Gasteiger partial charge in [-0.1, -0.05) is 39.0 Å². The number of nitrogen functional groups attached to an aromatic ring is 1. The molecule has 2 heterocycles. The third-order valence-corrected chi connectivity index (χ3v) is 6.87. The van der Waals surface area contributed by atoms with Gasteiger partial charge in [-0.3, -0.25) is 4.79 Å². The Morgan fingerprint density at radius 3 is 2.32 bits per heavy atom. The van der Waals surface area contributed by atoms with Crippen molar-refractivity contribution in [2.45, 2.75) is 26.2 Å². The molecule has 4 aromatic rings. The topological polar surface area (TPSA) is 128 Å². The van der Waals surface area contributed by atoms with Gasteiger partial charge >= 0.3 is 0 Å². The lowest BCUT2D eigenvalue weighted by atomic mass is 9.87. The van der Waals surface area contributed by atoms with E-state index >= 15 is 0 Å². The molecule has 1 saturated heterocycles. The Morgan fingerprint density at radius 2 is 1.66 bits per heavy atom. The molecule has 0 radical (unpaired) electrons. The van der Waals surface area contributed by atoms with E-state index in [2.05, 4.69) is 51.3 Å². The molecule has 1 fully saturated rings. The van der Waals surface area contributed by atoms with Crippen LogP contribution < -0.4 is 26.0 Å². The molecule has 1 aromatic heterocycles. The fraction of sp³-hybridized carbons (Fsp3) is 0.290. The maximum absolute atomic E-state index is 13.1. The number of ether oxygens (including phenoxy) is 2. The maximum atomic E-state index is 13.1. The summed E-state index contributed by atoms with van der Waals surface area (Å²) < 4.78 is 11.2. The van der Waals surface area contributed by atoms with Gasteiger partial charge in [0.05, 0.1) is 31.6 Å². The van der Waals surface area contributed by atoms with Gasteiger partial charge in [0, 0.05) is 30.0 Å². The molecule has 3 aromatic carbocycles. The molecule has 10 nitrogen and oxygen atoms in total. The highest BCUT2D eigenvalue weighted by Crippen LogP contribution is 2.36. The molecule has 0 aliphatic carbocycles. The fourth-order valence-electron chi connectivity index (χ4n) is 4.62. The van der Waals surface area contributed by atoms with Gasteiger partial charge in [0.15, 0.2) is 11.6 Å². The van der Waals surface area contributed by atoms with E-state index in [0.717, 1.165) is 43.2 Å². The van der Waals surface area contributed by atoms with Crippen LogP contribution in [0.2, 0.25) is 0 Å².